The van der Waals surface area contributed by atoms with E-state index in [4.69, 9.17) is 0 Å². The van der Waals surface area contributed by atoms with Crippen LogP contribution in [-0.2, 0) is 6.42 Å². The molecule has 0 aliphatic rings. The fourth-order valence-corrected chi connectivity index (χ4v) is 2.37. The van der Waals surface area contributed by atoms with Gasteiger partial charge in [-0.2, -0.15) is 10.2 Å². The summed E-state index contributed by atoms with van der Waals surface area (Å²) in [5.74, 6) is 0. The smallest absolute Gasteiger partial charge is 0.0544 e. The topological polar surface area (TPSA) is 37.8 Å². The zero-order valence-corrected chi connectivity index (χ0v) is 12.6. The molecule has 20 heavy (non-hydrogen) atoms. The number of benzene rings is 1. The molecule has 0 saturated heterocycles. The van der Waals surface area contributed by atoms with Crippen LogP contribution in [0.1, 0.15) is 41.6 Å². The summed E-state index contributed by atoms with van der Waals surface area (Å²) in [6, 6.07) is 9.00. The van der Waals surface area contributed by atoms with E-state index < -0.39 is 0 Å². The van der Waals surface area contributed by atoms with E-state index in [1.54, 1.807) is 6.20 Å². The lowest BCUT2D eigenvalue weighted by Gasteiger charge is -2.20. The predicted octanol–water partition coefficient (Wildman–Crippen LogP) is 3.38. The minimum absolute atomic E-state index is 0.297. The number of nitrogens with one attached hydrogen (secondary N) is 1. The molecule has 106 valence electrons. The van der Waals surface area contributed by atoms with Crippen LogP contribution < -0.4 is 5.32 Å². The lowest BCUT2D eigenvalue weighted by molar-refractivity contribution is 0.525. The Morgan fingerprint density at radius 3 is 2.70 bits per heavy atom. The number of aromatic nitrogens is 2. The maximum absolute atomic E-state index is 4.01. The third kappa shape index (κ3) is 3.87. The summed E-state index contributed by atoms with van der Waals surface area (Å²) >= 11 is 0. The van der Waals surface area contributed by atoms with Crippen molar-refractivity contribution in [2.24, 2.45) is 0 Å². The fraction of sp³-hybridized carbons (Fsp3) is 0.412. The molecular weight excluding hydrogens is 246 g/mol. The van der Waals surface area contributed by atoms with Gasteiger partial charge < -0.3 is 5.32 Å². The van der Waals surface area contributed by atoms with E-state index in [-0.39, 0.29) is 0 Å². The van der Waals surface area contributed by atoms with E-state index in [1.807, 2.05) is 12.3 Å². The van der Waals surface area contributed by atoms with E-state index in [9.17, 15) is 0 Å². The zero-order chi connectivity index (χ0) is 14.4. The van der Waals surface area contributed by atoms with Gasteiger partial charge in [-0.1, -0.05) is 30.7 Å². The molecule has 2 rings (SSSR count). The number of nitrogens with zero attached hydrogens (tertiary/aromatic N) is 2. The molecule has 0 spiro atoms. The van der Waals surface area contributed by atoms with Crippen molar-refractivity contribution in [2.45, 2.75) is 39.7 Å². The van der Waals surface area contributed by atoms with Crippen LogP contribution in [0.25, 0.3) is 0 Å². The largest absolute Gasteiger partial charge is 0.310 e. The summed E-state index contributed by atoms with van der Waals surface area (Å²) in [4.78, 5) is 0. The molecule has 0 fully saturated rings. The molecule has 0 aliphatic heterocycles. The van der Waals surface area contributed by atoms with Crippen LogP contribution in [0.15, 0.2) is 36.7 Å². The van der Waals surface area contributed by atoms with Crippen molar-refractivity contribution in [1.82, 2.24) is 15.5 Å². The van der Waals surface area contributed by atoms with Crippen molar-refractivity contribution < 1.29 is 0 Å². The lowest BCUT2D eigenvalue weighted by Crippen LogP contribution is -2.24. The van der Waals surface area contributed by atoms with Gasteiger partial charge in [0.15, 0.2) is 0 Å². The highest BCUT2D eigenvalue weighted by Gasteiger charge is 2.13. The van der Waals surface area contributed by atoms with E-state index in [2.05, 4.69) is 54.5 Å². The van der Waals surface area contributed by atoms with Crippen molar-refractivity contribution in [3.63, 3.8) is 0 Å². The first-order chi connectivity index (χ1) is 9.70. The molecule has 1 heterocycles. The van der Waals surface area contributed by atoms with Crippen molar-refractivity contribution in [1.29, 1.82) is 0 Å². The quantitative estimate of drug-likeness (QED) is 0.873. The van der Waals surface area contributed by atoms with Crippen LogP contribution >= 0.6 is 0 Å². The first-order valence-electron chi connectivity index (χ1n) is 7.26. The van der Waals surface area contributed by atoms with Gasteiger partial charge in [-0.05, 0) is 56.0 Å². The van der Waals surface area contributed by atoms with Gasteiger partial charge in [0.05, 0.1) is 6.20 Å². The highest BCUT2D eigenvalue weighted by Crippen LogP contribution is 2.20. The van der Waals surface area contributed by atoms with E-state index in [1.165, 1.54) is 22.3 Å². The first-order valence-corrected chi connectivity index (χ1v) is 7.26. The number of aryl methyl sites for hydroxylation is 2. The molecule has 3 heteroatoms. The molecule has 0 bridgehead atoms. The van der Waals surface area contributed by atoms with E-state index in [0.717, 1.165) is 19.4 Å². The SMILES string of the molecule is CCCNC(Cc1cc(C)ccc1C)c1ccnnc1. The van der Waals surface area contributed by atoms with Crippen LogP contribution in [-0.4, -0.2) is 16.7 Å². The second-order valence-corrected chi connectivity index (χ2v) is 5.32. The average Bonchev–Trinajstić information content (AvgIpc) is 2.48. The molecule has 0 saturated carbocycles. The van der Waals surface area contributed by atoms with Crippen LogP contribution in [0.5, 0.6) is 0 Å². The molecule has 1 aromatic carbocycles. The molecule has 1 aromatic heterocycles. The van der Waals surface area contributed by atoms with Crippen LogP contribution in [0, 0.1) is 13.8 Å². The predicted molar refractivity (Wildman–Crippen MR) is 82.7 cm³/mol. The van der Waals surface area contributed by atoms with Crippen molar-refractivity contribution in [2.75, 3.05) is 6.54 Å². The van der Waals surface area contributed by atoms with Gasteiger partial charge >= 0.3 is 0 Å². The molecule has 1 atom stereocenters. The Kier molecular flexibility index (Phi) is 5.24. The summed E-state index contributed by atoms with van der Waals surface area (Å²) in [5.41, 5.74) is 5.26. The Bertz CT molecular complexity index is 537. The van der Waals surface area contributed by atoms with Crippen molar-refractivity contribution in [3.05, 3.63) is 58.9 Å². The van der Waals surface area contributed by atoms with Crippen molar-refractivity contribution >= 4 is 0 Å². The van der Waals surface area contributed by atoms with Gasteiger partial charge in [0.1, 0.15) is 0 Å². The Hall–Kier alpha value is -1.74. The Labute approximate surface area is 121 Å². The zero-order valence-electron chi connectivity index (χ0n) is 12.6. The molecule has 1 unspecified atom stereocenters. The van der Waals surface area contributed by atoms with Crippen LogP contribution in [0.3, 0.4) is 0 Å². The van der Waals surface area contributed by atoms with Gasteiger partial charge in [-0.25, -0.2) is 0 Å². The summed E-state index contributed by atoms with van der Waals surface area (Å²) in [7, 11) is 0. The summed E-state index contributed by atoms with van der Waals surface area (Å²) in [5, 5.41) is 11.5. The van der Waals surface area contributed by atoms with Gasteiger partial charge in [0, 0.05) is 12.2 Å². The Balaban J connectivity index is 2.21. The van der Waals surface area contributed by atoms with Crippen molar-refractivity contribution in [3.8, 4) is 0 Å². The molecular formula is C17H23N3. The summed E-state index contributed by atoms with van der Waals surface area (Å²) < 4.78 is 0. The molecule has 3 nitrogen and oxygen atoms in total. The third-order valence-corrected chi connectivity index (χ3v) is 3.58. The summed E-state index contributed by atoms with van der Waals surface area (Å²) in [6.45, 7) is 7.52. The monoisotopic (exact) mass is 269 g/mol. The van der Waals surface area contributed by atoms with Gasteiger partial charge in [-0.3, -0.25) is 0 Å². The number of rotatable bonds is 6. The summed E-state index contributed by atoms with van der Waals surface area (Å²) in [6.07, 6.45) is 5.73. The maximum atomic E-state index is 4.01. The molecule has 1 N–H and O–H groups in total. The minimum Gasteiger partial charge on any atom is -0.310 e. The molecule has 0 aliphatic carbocycles. The average molecular weight is 269 g/mol. The van der Waals surface area contributed by atoms with Gasteiger partial charge in [0.2, 0.25) is 0 Å². The standard InChI is InChI=1S/C17H23N3/c1-4-8-18-17(15-7-9-19-20-12-15)11-16-10-13(2)5-6-14(16)3/h5-7,9-10,12,17-18H,4,8,11H2,1-3H3. The highest BCUT2D eigenvalue weighted by atomic mass is 15.1. The lowest BCUT2D eigenvalue weighted by atomic mass is 9.96. The maximum Gasteiger partial charge on any atom is 0.0544 e. The number of hydrogen-bond donors (Lipinski definition) is 1. The molecule has 2 aromatic rings. The number of hydrogen-bond acceptors (Lipinski definition) is 3. The normalized spacial score (nSPS) is 12.3. The third-order valence-electron chi connectivity index (χ3n) is 3.58. The molecule has 0 amide bonds. The van der Waals surface area contributed by atoms with Gasteiger partial charge in [-0.15, -0.1) is 0 Å². The second kappa shape index (κ2) is 7.15. The highest BCUT2D eigenvalue weighted by molar-refractivity contribution is 5.32. The molecule has 0 radical (unpaired) electrons. The van der Waals surface area contributed by atoms with Crippen LogP contribution in [0.4, 0.5) is 0 Å². The Morgan fingerprint density at radius 2 is 2.00 bits per heavy atom. The first kappa shape index (κ1) is 14.7. The Morgan fingerprint density at radius 1 is 1.15 bits per heavy atom. The minimum atomic E-state index is 0.297. The second-order valence-electron chi connectivity index (χ2n) is 5.32. The van der Waals surface area contributed by atoms with Gasteiger partial charge in [0.25, 0.3) is 0 Å². The van der Waals surface area contributed by atoms with E-state index in [0.29, 0.717) is 6.04 Å². The van der Waals surface area contributed by atoms with Crippen LogP contribution in [0.2, 0.25) is 0 Å². The fourth-order valence-electron chi connectivity index (χ4n) is 2.37. The van der Waals surface area contributed by atoms with E-state index >= 15 is 0 Å².